The minimum absolute atomic E-state index is 0.0444. The van der Waals surface area contributed by atoms with Gasteiger partial charge in [-0.3, -0.25) is 19.1 Å². The number of rotatable bonds is 8. The predicted octanol–water partition coefficient (Wildman–Crippen LogP) is 2.85. The van der Waals surface area contributed by atoms with Crippen LogP contribution in [0.2, 0.25) is 0 Å². The number of amides is 1. The molecule has 0 aliphatic heterocycles. The summed E-state index contributed by atoms with van der Waals surface area (Å²) in [5.41, 5.74) is 7.67. The lowest BCUT2D eigenvalue weighted by atomic mass is 10.1. The van der Waals surface area contributed by atoms with Gasteiger partial charge in [-0.1, -0.05) is 56.3 Å². The van der Waals surface area contributed by atoms with Gasteiger partial charge in [-0.15, -0.1) is 0 Å². The van der Waals surface area contributed by atoms with Gasteiger partial charge in [0.2, 0.25) is 0 Å². The summed E-state index contributed by atoms with van der Waals surface area (Å²) in [5, 5.41) is 0. The van der Waals surface area contributed by atoms with Gasteiger partial charge in [0.1, 0.15) is 11.6 Å². The summed E-state index contributed by atoms with van der Waals surface area (Å²) in [7, 11) is 0. The maximum atomic E-state index is 13.2. The topological polar surface area (TPSA) is 110 Å². The molecule has 0 unspecified atom stereocenters. The van der Waals surface area contributed by atoms with E-state index in [1.807, 2.05) is 76.2 Å². The normalized spacial score (nSPS) is 10.9. The number of benzene rings is 2. The van der Waals surface area contributed by atoms with Crippen molar-refractivity contribution >= 4 is 17.4 Å². The third kappa shape index (κ3) is 5.71. The Bertz CT molecular complexity index is 1250. The minimum Gasteiger partial charge on any atom is -0.483 e. The van der Waals surface area contributed by atoms with Crippen LogP contribution in [0.25, 0.3) is 0 Å². The third-order valence-corrected chi connectivity index (χ3v) is 5.21. The molecule has 0 aliphatic carbocycles. The molecule has 3 aromatic rings. The van der Waals surface area contributed by atoms with Crippen molar-refractivity contribution in [3.8, 4) is 5.75 Å². The van der Waals surface area contributed by atoms with Gasteiger partial charge in [-0.2, -0.15) is 0 Å². The lowest BCUT2D eigenvalue weighted by Crippen LogP contribution is -2.44. The summed E-state index contributed by atoms with van der Waals surface area (Å²) in [5.74, 6) is 0.159. The molecule has 1 heterocycles. The van der Waals surface area contributed by atoms with Gasteiger partial charge in [-0.05, 0) is 42.5 Å². The molecule has 1 aromatic heterocycles. The van der Waals surface area contributed by atoms with Crippen LogP contribution in [0.3, 0.4) is 0 Å². The van der Waals surface area contributed by atoms with Crippen LogP contribution in [0, 0.1) is 19.8 Å². The van der Waals surface area contributed by atoms with Crippen LogP contribution in [0.5, 0.6) is 5.75 Å². The van der Waals surface area contributed by atoms with Crippen LogP contribution in [0.1, 0.15) is 30.5 Å². The first kappa shape index (κ1) is 23.8. The Balaban J connectivity index is 1.96. The average molecular weight is 451 g/mol. The van der Waals surface area contributed by atoms with E-state index in [1.165, 1.54) is 9.47 Å². The Kier molecular flexibility index (Phi) is 7.37. The van der Waals surface area contributed by atoms with Gasteiger partial charge >= 0.3 is 5.69 Å². The van der Waals surface area contributed by atoms with Crippen molar-refractivity contribution in [3.63, 3.8) is 0 Å². The van der Waals surface area contributed by atoms with Gasteiger partial charge in [0.25, 0.3) is 11.5 Å². The summed E-state index contributed by atoms with van der Waals surface area (Å²) in [4.78, 5) is 42.1. The van der Waals surface area contributed by atoms with E-state index in [0.717, 1.165) is 16.7 Å². The van der Waals surface area contributed by atoms with Crippen LogP contribution in [-0.2, 0) is 11.3 Å². The molecule has 1 amide bonds. The molecule has 0 atom stereocenters. The Hall–Kier alpha value is -3.81. The second-order valence-corrected chi connectivity index (χ2v) is 8.52. The first-order valence-corrected chi connectivity index (χ1v) is 10.8. The van der Waals surface area contributed by atoms with Crippen LogP contribution in [-0.4, -0.2) is 28.6 Å². The molecule has 0 saturated carbocycles. The van der Waals surface area contributed by atoms with Gasteiger partial charge in [0, 0.05) is 6.54 Å². The van der Waals surface area contributed by atoms with Crippen molar-refractivity contribution < 1.29 is 9.53 Å². The molecule has 8 heteroatoms. The molecule has 0 bridgehead atoms. The molecular formula is C25H30N4O4. The first-order chi connectivity index (χ1) is 15.7. The first-order valence-electron chi connectivity index (χ1n) is 10.8. The Labute approximate surface area is 192 Å². The van der Waals surface area contributed by atoms with Crippen molar-refractivity contribution in [2.45, 2.75) is 34.2 Å². The largest absolute Gasteiger partial charge is 0.483 e. The summed E-state index contributed by atoms with van der Waals surface area (Å²) in [6, 6.07) is 15.0. The number of carbonyl (C=O) groups is 1. The van der Waals surface area contributed by atoms with E-state index in [-0.39, 0.29) is 37.1 Å². The van der Waals surface area contributed by atoms with Crippen LogP contribution >= 0.6 is 0 Å². The zero-order chi connectivity index (χ0) is 24.1. The highest BCUT2D eigenvalue weighted by molar-refractivity contribution is 5.96. The van der Waals surface area contributed by atoms with Crippen molar-refractivity contribution in [1.82, 2.24) is 9.55 Å². The molecular weight excluding hydrogens is 420 g/mol. The quantitative estimate of drug-likeness (QED) is 0.548. The highest BCUT2D eigenvalue weighted by Gasteiger charge is 2.25. The second-order valence-electron chi connectivity index (χ2n) is 8.52. The number of nitrogen functional groups attached to an aromatic ring is 1. The van der Waals surface area contributed by atoms with Crippen molar-refractivity contribution in [3.05, 3.63) is 86.1 Å². The highest BCUT2D eigenvalue weighted by atomic mass is 16.5. The number of aromatic amines is 1. The number of H-pyrrole nitrogens is 1. The van der Waals surface area contributed by atoms with Crippen LogP contribution in [0.4, 0.5) is 11.5 Å². The number of aryl methyl sites for hydroxylation is 2. The minimum atomic E-state index is -0.706. The highest BCUT2D eigenvalue weighted by Crippen LogP contribution is 2.22. The van der Waals surface area contributed by atoms with E-state index in [2.05, 4.69) is 4.98 Å². The number of aromatic nitrogens is 2. The molecule has 33 heavy (non-hydrogen) atoms. The predicted molar refractivity (Wildman–Crippen MR) is 130 cm³/mol. The van der Waals surface area contributed by atoms with Gasteiger partial charge < -0.3 is 15.4 Å². The fraction of sp³-hybridized carbons (Fsp3) is 0.320. The number of nitrogens with one attached hydrogen (secondary N) is 1. The summed E-state index contributed by atoms with van der Waals surface area (Å²) < 4.78 is 7.04. The molecule has 0 aliphatic rings. The molecule has 0 fully saturated rings. The average Bonchev–Trinajstić information content (AvgIpc) is 2.76. The molecule has 2 aromatic carbocycles. The number of nitrogens with zero attached hydrogens (tertiary/aromatic N) is 2. The smallest absolute Gasteiger partial charge is 0.330 e. The molecule has 0 spiro atoms. The number of hydrogen-bond donors (Lipinski definition) is 2. The molecule has 0 saturated heterocycles. The maximum Gasteiger partial charge on any atom is 0.330 e. The van der Waals surface area contributed by atoms with E-state index in [1.54, 1.807) is 0 Å². The number of anilines is 2. The molecule has 8 nitrogen and oxygen atoms in total. The van der Waals surface area contributed by atoms with Crippen molar-refractivity contribution in [2.75, 3.05) is 23.8 Å². The second kappa shape index (κ2) is 10.2. The number of carbonyl (C=O) groups excluding carboxylic acids is 1. The number of ether oxygens (including phenoxy) is 1. The fourth-order valence-corrected chi connectivity index (χ4v) is 3.52. The van der Waals surface area contributed by atoms with Crippen molar-refractivity contribution in [1.29, 1.82) is 0 Å². The number of hydrogen-bond acceptors (Lipinski definition) is 5. The fourth-order valence-electron chi connectivity index (χ4n) is 3.52. The van der Waals surface area contributed by atoms with Gasteiger partial charge in [0.15, 0.2) is 12.3 Å². The van der Waals surface area contributed by atoms with E-state index < -0.39 is 17.2 Å². The van der Waals surface area contributed by atoms with E-state index in [4.69, 9.17) is 10.5 Å². The number of nitrogens with two attached hydrogens (primary N) is 1. The molecule has 3 rings (SSSR count). The molecule has 174 valence electrons. The molecule has 0 radical (unpaired) electrons. The third-order valence-electron chi connectivity index (χ3n) is 5.21. The van der Waals surface area contributed by atoms with Gasteiger partial charge in [-0.25, -0.2) is 4.79 Å². The summed E-state index contributed by atoms with van der Waals surface area (Å²) >= 11 is 0. The van der Waals surface area contributed by atoms with E-state index in [0.29, 0.717) is 5.75 Å². The lowest BCUT2D eigenvalue weighted by molar-refractivity contribution is -0.120. The van der Waals surface area contributed by atoms with Crippen molar-refractivity contribution in [2.24, 2.45) is 5.92 Å². The zero-order valence-electron chi connectivity index (χ0n) is 19.4. The maximum absolute atomic E-state index is 13.2. The Morgan fingerprint density at radius 2 is 1.82 bits per heavy atom. The van der Waals surface area contributed by atoms with E-state index >= 15 is 0 Å². The van der Waals surface area contributed by atoms with Crippen LogP contribution in [0.15, 0.2) is 58.1 Å². The van der Waals surface area contributed by atoms with Gasteiger partial charge in [0.05, 0.1) is 6.54 Å². The summed E-state index contributed by atoms with van der Waals surface area (Å²) in [6.45, 7) is 7.83. The SMILES string of the molecule is Cc1ccc(C)c(OCC(=O)N(CC(C)C)c2c(N)n(Cc3ccccc3)c(=O)[nH]c2=O)c1. The lowest BCUT2D eigenvalue weighted by Gasteiger charge is -2.26. The zero-order valence-corrected chi connectivity index (χ0v) is 19.4. The van der Waals surface area contributed by atoms with Crippen LogP contribution < -0.4 is 26.6 Å². The Morgan fingerprint density at radius 3 is 2.48 bits per heavy atom. The molecule has 3 N–H and O–H groups in total. The summed E-state index contributed by atoms with van der Waals surface area (Å²) in [6.07, 6.45) is 0. The Morgan fingerprint density at radius 1 is 1.12 bits per heavy atom. The standard InChI is InChI=1S/C25H30N4O4/c1-16(2)13-28(21(30)15-33-20-12-17(3)10-11-18(20)4)22-23(26)29(25(32)27-24(22)31)14-19-8-6-5-7-9-19/h5-12,16H,13-15,26H2,1-4H3,(H,27,31,32). The monoisotopic (exact) mass is 450 g/mol. The van der Waals surface area contributed by atoms with E-state index in [9.17, 15) is 14.4 Å².